The van der Waals surface area contributed by atoms with Gasteiger partial charge in [-0.1, -0.05) is 23.7 Å². The lowest BCUT2D eigenvalue weighted by Crippen LogP contribution is -2.36. The maximum Gasteiger partial charge on any atom is 0.315 e. The van der Waals surface area contributed by atoms with Gasteiger partial charge < -0.3 is 40.2 Å². The molecule has 4 N–H and O–H groups in total. The average molecular weight is 659 g/mol. The minimum Gasteiger partial charge on any atom is -0.377 e. The summed E-state index contributed by atoms with van der Waals surface area (Å²) in [6.45, 7) is 4.03. The third kappa shape index (κ3) is 14.1. The van der Waals surface area contributed by atoms with Crippen LogP contribution < -0.4 is 21.3 Å². The molecule has 2 aliphatic rings. The van der Waals surface area contributed by atoms with Crippen molar-refractivity contribution in [1.82, 2.24) is 21.3 Å². The average Bonchev–Trinajstić information content (AvgIpc) is 3.61. The molecule has 0 bridgehead atoms. The fourth-order valence-corrected chi connectivity index (χ4v) is 6.29. The molecular formula is C30H42N8O7S. The summed E-state index contributed by atoms with van der Waals surface area (Å²) < 4.78 is 21.8. The van der Waals surface area contributed by atoms with Gasteiger partial charge in [0.25, 0.3) is 0 Å². The fraction of sp³-hybridized carbons (Fsp3) is 0.600. The van der Waals surface area contributed by atoms with Crippen LogP contribution in [-0.4, -0.2) is 107 Å². The van der Waals surface area contributed by atoms with Gasteiger partial charge in [0.1, 0.15) is 0 Å². The van der Waals surface area contributed by atoms with Crippen LogP contribution >= 0.6 is 11.8 Å². The highest BCUT2D eigenvalue weighted by Crippen LogP contribution is 2.33. The molecule has 0 aromatic heterocycles. The van der Waals surface area contributed by atoms with Crippen molar-refractivity contribution in [3.8, 4) is 6.07 Å². The minimum absolute atomic E-state index is 0.0240. The zero-order valence-electron chi connectivity index (χ0n) is 25.8. The predicted molar refractivity (Wildman–Crippen MR) is 172 cm³/mol. The van der Waals surface area contributed by atoms with Crippen molar-refractivity contribution >= 4 is 41.4 Å². The number of carbonyl (C=O) groups is 3. The molecule has 0 unspecified atom stereocenters. The van der Waals surface area contributed by atoms with Crippen molar-refractivity contribution in [1.29, 1.82) is 5.26 Å². The van der Waals surface area contributed by atoms with E-state index in [-0.39, 0.29) is 41.2 Å². The molecule has 0 radical (unpaired) electrons. The molecule has 2 fully saturated rings. The Hall–Kier alpha value is -3.84. The smallest absolute Gasteiger partial charge is 0.315 e. The number of fused-ring (bicyclic) bond motifs is 1. The lowest BCUT2D eigenvalue weighted by atomic mass is 10.0. The molecular weight excluding hydrogens is 616 g/mol. The number of amides is 4. The van der Waals surface area contributed by atoms with Crippen LogP contribution in [0, 0.1) is 11.3 Å². The standard InChI is InChI=1S/C30H42N8O7S/c31-20-23-19-22(5-7-24(23)37-38-32)6-8-28(40)34-10-12-43-14-16-45-18-17-44-15-13-42-11-9-33-27(39)4-2-1-3-26-29-25(21-46-26)35-30(41)36-29/h5-8,19,25-26,29H,1-4,9-18,21H2,(H,33,39)(H,34,40)(H2,35,36,41)/b8-6+/t25-,26-,29-/m0/s1. The van der Waals surface area contributed by atoms with Crippen LogP contribution in [0.2, 0.25) is 0 Å². The van der Waals surface area contributed by atoms with Crippen molar-refractivity contribution in [2.75, 3.05) is 71.7 Å². The summed E-state index contributed by atoms with van der Waals surface area (Å²) in [4.78, 5) is 38.1. The third-order valence-electron chi connectivity index (χ3n) is 7.03. The quantitative estimate of drug-likeness (QED) is 0.0340. The molecule has 0 aliphatic carbocycles. The van der Waals surface area contributed by atoms with Crippen molar-refractivity contribution in [3.63, 3.8) is 0 Å². The first-order valence-electron chi connectivity index (χ1n) is 15.3. The Morgan fingerprint density at radius 3 is 2.37 bits per heavy atom. The van der Waals surface area contributed by atoms with E-state index >= 15 is 0 Å². The molecule has 15 nitrogen and oxygen atoms in total. The summed E-state index contributed by atoms with van der Waals surface area (Å²) in [5, 5.41) is 24.5. The van der Waals surface area contributed by atoms with Gasteiger partial charge in [-0.15, -0.1) is 0 Å². The van der Waals surface area contributed by atoms with Gasteiger partial charge in [0.15, 0.2) is 0 Å². The second kappa shape index (κ2) is 21.8. The molecule has 1 aromatic rings. The van der Waals surface area contributed by atoms with Crippen LogP contribution in [0.1, 0.15) is 36.8 Å². The normalized spacial score (nSPS) is 18.3. The van der Waals surface area contributed by atoms with E-state index in [1.54, 1.807) is 12.1 Å². The number of urea groups is 1. The lowest BCUT2D eigenvalue weighted by Gasteiger charge is -2.16. The molecule has 2 heterocycles. The van der Waals surface area contributed by atoms with E-state index < -0.39 is 0 Å². The van der Waals surface area contributed by atoms with E-state index in [1.807, 2.05) is 17.8 Å². The summed E-state index contributed by atoms with van der Waals surface area (Å²) in [5.74, 6) is 0.670. The molecule has 3 rings (SSSR count). The van der Waals surface area contributed by atoms with E-state index in [0.29, 0.717) is 83.2 Å². The molecule has 1 aromatic carbocycles. The van der Waals surface area contributed by atoms with Gasteiger partial charge in [-0.2, -0.15) is 17.0 Å². The maximum absolute atomic E-state index is 12.0. The number of ether oxygens (including phenoxy) is 4. The second-order valence-corrected chi connectivity index (χ2v) is 11.6. The number of nitrogens with zero attached hydrogens (tertiary/aromatic N) is 4. The van der Waals surface area contributed by atoms with Crippen LogP contribution in [0.25, 0.3) is 16.5 Å². The summed E-state index contributed by atoms with van der Waals surface area (Å²) >= 11 is 1.89. The van der Waals surface area contributed by atoms with Crippen molar-refractivity contribution in [3.05, 3.63) is 45.8 Å². The Balaban J connectivity index is 1.03. The molecule has 16 heteroatoms. The fourth-order valence-electron chi connectivity index (χ4n) is 4.75. The summed E-state index contributed by atoms with van der Waals surface area (Å²) in [6.07, 6.45) is 6.19. The van der Waals surface area contributed by atoms with Gasteiger partial charge in [0, 0.05) is 41.5 Å². The van der Waals surface area contributed by atoms with Crippen LogP contribution in [0.5, 0.6) is 0 Å². The van der Waals surface area contributed by atoms with E-state index in [0.717, 1.165) is 25.0 Å². The minimum atomic E-state index is -0.303. The van der Waals surface area contributed by atoms with Gasteiger partial charge in [0.2, 0.25) is 11.8 Å². The predicted octanol–water partition coefficient (Wildman–Crippen LogP) is 2.54. The van der Waals surface area contributed by atoms with Crippen molar-refractivity contribution in [2.45, 2.75) is 43.0 Å². The Morgan fingerprint density at radius 1 is 1.02 bits per heavy atom. The first kappa shape index (κ1) is 36.6. The summed E-state index contributed by atoms with van der Waals surface area (Å²) in [7, 11) is 0. The molecule has 0 spiro atoms. The first-order valence-corrected chi connectivity index (χ1v) is 16.4. The number of hydrogen-bond acceptors (Lipinski definition) is 10. The summed E-state index contributed by atoms with van der Waals surface area (Å²) in [5.41, 5.74) is 9.61. The van der Waals surface area contributed by atoms with E-state index in [4.69, 9.17) is 29.7 Å². The molecule has 0 saturated carbocycles. The molecule has 46 heavy (non-hydrogen) atoms. The van der Waals surface area contributed by atoms with Crippen LogP contribution in [-0.2, 0) is 28.5 Å². The highest BCUT2D eigenvalue weighted by atomic mass is 32.2. The highest BCUT2D eigenvalue weighted by Gasteiger charge is 2.42. The van der Waals surface area contributed by atoms with E-state index in [2.05, 4.69) is 31.3 Å². The highest BCUT2D eigenvalue weighted by molar-refractivity contribution is 8.00. The number of unbranched alkanes of at least 4 members (excludes halogenated alkanes) is 1. The van der Waals surface area contributed by atoms with Gasteiger partial charge in [-0.05, 0) is 36.1 Å². The Labute approximate surface area is 272 Å². The van der Waals surface area contributed by atoms with Gasteiger partial charge in [-0.25, -0.2) is 4.79 Å². The molecule has 2 aliphatic heterocycles. The maximum atomic E-state index is 12.0. The van der Waals surface area contributed by atoms with Gasteiger partial charge >= 0.3 is 6.03 Å². The lowest BCUT2D eigenvalue weighted by molar-refractivity contribution is -0.121. The molecule has 2 saturated heterocycles. The van der Waals surface area contributed by atoms with Crippen LogP contribution in [0.3, 0.4) is 0 Å². The Morgan fingerprint density at radius 2 is 1.70 bits per heavy atom. The molecule has 250 valence electrons. The third-order valence-corrected chi connectivity index (χ3v) is 8.54. The van der Waals surface area contributed by atoms with E-state index in [1.165, 1.54) is 18.2 Å². The second-order valence-electron chi connectivity index (χ2n) is 10.4. The number of azide groups is 1. The zero-order chi connectivity index (χ0) is 32.8. The summed E-state index contributed by atoms with van der Waals surface area (Å²) in [6, 6.07) is 7.03. The first-order chi connectivity index (χ1) is 22.5. The number of carbonyl (C=O) groups excluding carboxylic acids is 3. The molecule has 3 atom stereocenters. The number of thioether (sulfide) groups is 1. The Bertz CT molecular complexity index is 1250. The Kier molecular flexibility index (Phi) is 17.4. The van der Waals surface area contributed by atoms with Crippen molar-refractivity contribution in [2.24, 2.45) is 5.11 Å². The SMILES string of the molecule is N#Cc1cc(/C=C/C(=O)NCCOCCOCCOCCOCCNC(=O)CCCC[C@@H]2SC[C@@H]3NC(=O)N[C@@H]32)ccc1N=[N+]=[N-]. The zero-order valence-corrected chi connectivity index (χ0v) is 26.6. The largest absolute Gasteiger partial charge is 0.377 e. The number of nitriles is 1. The van der Waals surface area contributed by atoms with Crippen LogP contribution in [0.15, 0.2) is 29.4 Å². The van der Waals surface area contributed by atoms with Gasteiger partial charge in [0.05, 0.1) is 82.3 Å². The number of nitrogens with one attached hydrogen (secondary N) is 4. The topological polar surface area (TPSA) is 209 Å². The number of rotatable bonds is 23. The van der Waals surface area contributed by atoms with Crippen molar-refractivity contribution < 1.29 is 33.3 Å². The number of benzene rings is 1. The molecule has 4 amide bonds. The number of hydrogen-bond donors (Lipinski definition) is 4. The van der Waals surface area contributed by atoms with Gasteiger partial charge in [-0.3, -0.25) is 9.59 Å². The van der Waals surface area contributed by atoms with Crippen LogP contribution in [0.4, 0.5) is 10.5 Å². The monoisotopic (exact) mass is 658 g/mol. The van der Waals surface area contributed by atoms with E-state index in [9.17, 15) is 14.4 Å².